The Hall–Kier alpha value is -2.47. The molecule has 0 radical (unpaired) electrons. The molecule has 2 heterocycles. The second-order valence-corrected chi connectivity index (χ2v) is 8.54. The SMILES string of the molecule is CCOc1nc(-c2ccccc2)nc2c1CCC(C(=O)NCCN1CCCCC1)CC2. The summed E-state index contributed by atoms with van der Waals surface area (Å²) in [6.45, 7) is 6.57. The van der Waals surface area contributed by atoms with Gasteiger partial charge in [-0.2, -0.15) is 4.98 Å². The number of nitrogens with zero attached hydrogens (tertiary/aromatic N) is 3. The molecule has 1 aliphatic heterocycles. The molecule has 0 saturated carbocycles. The van der Waals surface area contributed by atoms with Crippen LogP contribution in [0.3, 0.4) is 0 Å². The Bertz CT molecular complexity index is 865. The minimum absolute atomic E-state index is 0.0187. The van der Waals surface area contributed by atoms with Gasteiger partial charge in [0.1, 0.15) is 0 Å². The van der Waals surface area contributed by atoms with Crippen LogP contribution in [0, 0.1) is 5.92 Å². The van der Waals surface area contributed by atoms with Crippen molar-refractivity contribution < 1.29 is 9.53 Å². The quantitative estimate of drug-likeness (QED) is 0.690. The van der Waals surface area contributed by atoms with E-state index in [1.54, 1.807) is 0 Å². The van der Waals surface area contributed by atoms with Crippen LogP contribution in [-0.4, -0.2) is 53.6 Å². The largest absolute Gasteiger partial charge is 0.478 e. The van der Waals surface area contributed by atoms with Crippen molar-refractivity contribution in [2.24, 2.45) is 5.92 Å². The third-order valence-electron chi connectivity index (χ3n) is 6.39. The zero-order valence-electron chi connectivity index (χ0n) is 18.6. The lowest BCUT2D eigenvalue weighted by atomic mass is 9.99. The fraction of sp³-hybridized carbons (Fsp3) is 0.560. The van der Waals surface area contributed by atoms with Crippen molar-refractivity contribution in [1.82, 2.24) is 20.2 Å². The first-order valence-electron chi connectivity index (χ1n) is 11.8. The number of fused-ring (bicyclic) bond motifs is 1. The minimum atomic E-state index is 0.0187. The molecule has 1 saturated heterocycles. The zero-order chi connectivity index (χ0) is 21.5. The lowest BCUT2D eigenvalue weighted by Crippen LogP contribution is -2.39. The summed E-state index contributed by atoms with van der Waals surface area (Å²) >= 11 is 0. The number of benzene rings is 1. The molecule has 1 aliphatic carbocycles. The molecule has 1 atom stereocenters. The number of likely N-dealkylation sites (tertiary alicyclic amines) is 1. The molecule has 31 heavy (non-hydrogen) atoms. The molecule has 1 unspecified atom stereocenters. The third kappa shape index (κ3) is 5.62. The summed E-state index contributed by atoms with van der Waals surface area (Å²) in [6, 6.07) is 10.0. The van der Waals surface area contributed by atoms with Crippen LogP contribution in [0.2, 0.25) is 0 Å². The maximum absolute atomic E-state index is 12.8. The number of amides is 1. The highest BCUT2D eigenvalue weighted by atomic mass is 16.5. The van der Waals surface area contributed by atoms with Crippen LogP contribution >= 0.6 is 0 Å². The number of rotatable bonds is 7. The number of hydrogen-bond acceptors (Lipinski definition) is 5. The lowest BCUT2D eigenvalue weighted by molar-refractivity contribution is -0.125. The van der Waals surface area contributed by atoms with Gasteiger partial charge in [0.25, 0.3) is 0 Å². The van der Waals surface area contributed by atoms with E-state index in [1.807, 2.05) is 37.3 Å². The monoisotopic (exact) mass is 422 g/mol. The number of ether oxygens (including phenoxy) is 1. The Balaban J connectivity index is 1.41. The van der Waals surface area contributed by atoms with Gasteiger partial charge in [-0.05, 0) is 58.5 Å². The topological polar surface area (TPSA) is 67.3 Å². The van der Waals surface area contributed by atoms with E-state index in [-0.39, 0.29) is 11.8 Å². The molecule has 1 N–H and O–H groups in total. The standard InChI is InChI=1S/C25H34N4O2/c1-2-31-25-21-13-11-20(24(30)26-15-18-29-16-7-4-8-17-29)12-14-22(21)27-23(28-25)19-9-5-3-6-10-19/h3,5-6,9-10,20H,2,4,7-8,11-18H2,1H3,(H,26,30). The number of nitrogens with one attached hydrogen (secondary N) is 1. The summed E-state index contributed by atoms with van der Waals surface area (Å²) in [5, 5.41) is 3.18. The fourth-order valence-corrected chi connectivity index (χ4v) is 4.64. The first-order chi connectivity index (χ1) is 15.2. The summed E-state index contributed by atoms with van der Waals surface area (Å²) in [6.07, 6.45) is 7.10. The molecule has 6 nitrogen and oxygen atoms in total. The van der Waals surface area contributed by atoms with E-state index in [9.17, 15) is 4.79 Å². The van der Waals surface area contributed by atoms with Crippen LogP contribution in [0.25, 0.3) is 11.4 Å². The second kappa shape index (κ2) is 10.7. The molecule has 4 rings (SSSR count). The highest BCUT2D eigenvalue weighted by Gasteiger charge is 2.26. The third-order valence-corrected chi connectivity index (χ3v) is 6.39. The average molecular weight is 423 g/mol. The van der Waals surface area contributed by atoms with Crippen molar-refractivity contribution in [3.05, 3.63) is 41.6 Å². The molecule has 1 aromatic heterocycles. The Morgan fingerprint density at radius 3 is 2.65 bits per heavy atom. The van der Waals surface area contributed by atoms with Crippen molar-refractivity contribution in [2.45, 2.75) is 51.9 Å². The van der Waals surface area contributed by atoms with E-state index in [0.29, 0.717) is 18.3 Å². The van der Waals surface area contributed by atoms with Crippen LogP contribution in [0.5, 0.6) is 5.88 Å². The van der Waals surface area contributed by atoms with Gasteiger partial charge in [0.05, 0.1) is 12.3 Å². The zero-order valence-corrected chi connectivity index (χ0v) is 18.6. The maximum Gasteiger partial charge on any atom is 0.223 e. The van der Waals surface area contributed by atoms with E-state index >= 15 is 0 Å². The van der Waals surface area contributed by atoms with Crippen molar-refractivity contribution >= 4 is 5.91 Å². The van der Waals surface area contributed by atoms with Gasteiger partial charge in [-0.3, -0.25) is 4.79 Å². The normalized spacial score (nSPS) is 19.3. The summed E-state index contributed by atoms with van der Waals surface area (Å²) in [5.41, 5.74) is 3.09. The molecule has 2 aliphatic rings. The molecule has 1 amide bonds. The lowest BCUT2D eigenvalue weighted by Gasteiger charge is -2.26. The molecule has 0 bridgehead atoms. The molecule has 1 aromatic carbocycles. The predicted octanol–water partition coefficient (Wildman–Crippen LogP) is 3.64. The second-order valence-electron chi connectivity index (χ2n) is 8.54. The fourth-order valence-electron chi connectivity index (χ4n) is 4.64. The summed E-state index contributed by atoms with van der Waals surface area (Å²) in [5.74, 6) is 1.58. The first-order valence-corrected chi connectivity index (χ1v) is 11.8. The van der Waals surface area contributed by atoms with Crippen LogP contribution < -0.4 is 10.1 Å². The van der Waals surface area contributed by atoms with Crippen molar-refractivity contribution in [3.8, 4) is 17.3 Å². The summed E-state index contributed by atoms with van der Waals surface area (Å²) in [4.78, 5) is 24.9. The number of carbonyl (C=O) groups is 1. The van der Waals surface area contributed by atoms with Gasteiger partial charge in [-0.25, -0.2) is 4.98 Å². The van der Waals surface area contributed by atoms with Crippen LogP contribution in [-0.2, 0) is 17.6 Å². The Kier molecular flexibility index (Phi) is 7.52. The van der Waals surface area contributed by atoms with Gasteiger partial charge >= 0.3 is 0 Å². The number of hydrogen-bond donors (Lipinski definition) is 1. The van der Waals surface area contributed by atoms with E-state index in [4.69, 9.17) is 14.7 Å². The van der Waals surface area contributed by atoms with Gasteiger partial charge < -0.3 is 15.0 Å². The van der Waals surface area contributed by atoms with E-state index in [0.717, 1.165) is 68.7 Å². The molecular weight excluding hydrogens is 388 g/mol. The van der Waals surface area contributed by atoms with Gasteiger partial charge in [-0.15, -0.1) is 0 Å². The van der Waals surface area contributed by atoms with Crippen LogP contribution in [0.1, 0.15) is 50.3 Å². The Morgan fingerprint density at radius 2 is 1.87 bits per heavy atom. The van der Waals surface area contributed by atoms with Crippen LogP contribution in [0.4, 0.5) is 0 Å². The minimum Gasteiger partial charge on any atom is -0.478 e. The van der Waals surface area contributed by atoms with Crippen LogP contribution in [0.15, 0.2) is 30.3 Å². The smallest absolute Gasteiger partial charge is 0.223 e. The maximum atomic E-state index is 12.8. The van der Waals surface area contributed by atoms with E-state index in [1.165, 1.54) is 19.3 Å². The number of carbonyl (C=O) groups excluding carboxylic acids is 1. The molecule has 1 fully saturated rings. The van der Waals surface area contributed by atoms with E-state index < -0.39 is 0 Å². The predicted molar refractivity (Wildman–Crippen MR) is 122 cm³/mol. The van der Waals surface area contributed by atoms with E-state index in [2.05, 4.69) is 10.2 Å². The first kappa shape index (κ1) is 21.8. The Morgan fingerprint density at radius 1 is 1.10 bits per heavy atom. The summed E-state index contributed by atoms with van der Waals surface area (Å²) in [7, 11) is 0. The van der Waals surface area contributed by atoms with Gasteiger partial charge in [0, 0.05) is 30.1 Å². The highest BCUT2D eigenvalue weighted by molar-refractivity contribution is 5.78. The molecule has 166 valence electrons. The Labute approximate surface area is 185 Å². The molecular formula is C25H34N4O2. The number of aryl methyl sites for hydroxylation is 1. The molecule has 0 spiro atoms. The molecule has 6 heteroatoms. The highest BCUT2D eigenvalue weighted by Crippen LogP contribution is 2.31. The van der Waals surface area contributed by atoms with Crippen molar-refractivity contribution in [2.75, 3.05) is 32.8 Å². The number of aromatic nitrogens is 2. The number of piperidine rings is 1. The van der Waals surface area contributed by atoms with Gasteiger partial charge in [0.2, 0.25) is 11.8 Å². The average Bonchev–Trinajstić information content (AvgIpc) is 3.03. The van der Waals surface area contributed by atoms with Crippen molar-refractivity contribution in [1.29, 1.82) is 0 Å². The van der Waals surface area contributed by atoms with Gasteiger partial charge in [-0.1, -0.05) is 36.8 Å². The summed E-state index contributed by atoms with van der Waals surface area (Å²) < 4.78 is 5.89. The van der Waals surface area contributed by atoms with Gasteiger partial charge in [0.15, 0.2) is 5.82 Å². The van der Waals surface area contributed by atoms with Crippen molar-refractivity contribution in [3.63, 3.8) is 0 Å². The molecule has 2 aromatic rings.